The summed E-state index contributed by atoms with van der Waals surface area (Å²) in [5.41, 5.74) is 0.697. The Kier molecular flexibility index (Phi) is 7.51. The first-order valence-corrected chi connectivity index (χ1v) is 7.76. The average Bonchev–Trinajstić information content (AvgIpc) is 2.51. The minimum absolute atomic E-state index is 0.0732. The van der Waals surface area contributed by atoms with Crippen LogP contribution in [0.1, 0.15) is 19.4 Å². The molecule has 8 heteroatoms. The molecule has 0 fully saturated rings. The molecule has 1 atom stereocenters. The van der Waals surface area contributed by atoms with Gasteiger partial charge in [0, 0.05) is 30.6 Å². The van der Waals surface area contributed by atoms with Gasteiger partial charge in [-0.2, -0.15) is 0 Å². The number of carbonyl (C=O) groups excluding carboxylic acids is 2. The minimum Gasteiger partial charge on any atom is -0.483 e. The molecule has 2 amide bonds. The van der Waals surface area contributed by atoms with E-state index in [1.807, 2.05) is 0 Å². The topological polar surface area (TPSA) is 95.9 Å². The second-order valence-electron chi connectivity index (χ2n) is 5.24. The zero-order valence-corrected chi connectivity index (χ0v) is 14.6. The first-order chi connectivity index (χ1) is 11.2. The van der Waals surface area contributed by atoms with Gasteiger partial charge in [0.05, 0.1) is 0 Å². The quantitative estimate of drug-likeness (QED) is 0.735. The molecule has 132 valence electrons. The number of benzene rings is 1. The number of nitrogens with one attached hydrogen (secondary N) is 1. The van der Waals surface area contributed by atoms with E-state index in [9.17, 15) is 14.4 Å². The maximum absolute atomic E-state index is 12.3. The Balaban J connectivity index is 2.74. The van der Waals surface area contributed by atoms with E-state index in [1.54, 1.807) is 25.1 Å². The Labute approximate surface area is 145 Å². The van der Waals surface area contributed by atoms with Crippen LogP contribution in [0.25, 0.3) is 0 Å². The molecule has 1 aromatic rings. The molecule has 0 aromatic heterocycles. The molecule has 24 heavy (non-hydrogen) atoms. The van der Waals surface area contributed by atoms with Crippen molar-refractivity contribution < 1.29 is 24.2 Å². The Morgan fingerprint density at radius 3 is 2.62 bits per heavy atom. The van der Waals surface area contributed by atoms with E-state index in [0.29, 0.717) is 16.3 Å². The van der Waals surface area contributed by atoms with Crippen LogP contribution in [0.4, 0.5) is 0 Å². The lowest BCUT2D eigenvalue weighted by molar-refractivity contribution is -0.150. The molecular weight excluding hydrogens is 336 g/mol. The van der Waals surface area contributed by atoms with Crippen molar-refractivity contribution in [2.24, 2.45) is 0 Å². The van der Waals surface area contributed by atoms with Gasteiger partial charge in [-0.25, -0.2) is 4.79 Å². The average molecular weight is 357 g/mol. The molecule has 0 aliphatic rings. The van der Waals surface area contributed by atoms with Crippen molar-refractivity contribution >= 4 is 29.4 Å². The van der Waals surface area contributed by atoms with Gasteiger partial charge in [-0.3, -0.25) is 9.59 Å². The summed E-state index contributed by atoms with van der Waals surface area (Å²) in [6.07, 6.45) is 0. The van der Waals surface area contributed by atoms with Crippen LogP contribution in [0, 0.1) is 6.92 Å². The van der Waals surface area contributed by atoms with Crippen molar-refractivity contribution in [2.75, 3.05) is 19.7 Å². The number of amides is 2. The van der Waals surface area contributed by atoms with Crippen LogP contribution >= 0.6 is 11.6 Å². The van der Waals surface area contributed by atoms with Crippen molar-refractivity contribution in [1.82, 2.24) is 10.2 Å². The van der Waals surface area contributed by atoms with Gasteiger partial charge in [0.25, 0.3) is 5.91 Å². The van der Waals surface area contributed by atoms with Gasteiger partial charge in [0.2, 0.25) is 5.91 Å². The summed E-state index contributed by atoms with van der Waals surface area (Å²) in [7, 11) is 0. The van der Waals surface area contributed by atoms with Crippen LogP contribution < -0.4 is 10.1 Å². The zero-order chi connectivity index (χ0) is 18.3. The highest BCUT2D eigenvalue weighted by Gasteiger charge is 2.25. The second kappa shape index (κ2) is 9.12. The summed E-state index contributed by atoms with van der Waals surface area (Å²) in [6, 6.07) is 4.05. The van der Waals surface area contributed by atoms with Crippen molar-refractivity contribution in [3.8, 4) is 5.75 Å². The summed E-state index contributed by atoms with van der Waals surface area (Å²) < 4.78 is 5.46. The first kappa shape index (κ1) is 19.8. The van der Waals surface area contributed by atoms with Gasteiger partial charge >= 0.3 is 5.97 Å². The molecule has 0 spiro atoms. The van der Waals surface area contributed by atoms with Gasteiger partial charge in [0.1, 0.15) is 11.8 Å². The summed E-state index contributed by atoms with van der Waals surface area (Å²) in [5.74, 6) is -1.42. The lowest BCUT2D eigenvalue weighted by Crippen LogP contribution is -2.48. The third-order valence-corrected chi connectivity index (χ3v) is 3.85. The molecular formula is C16H21ClN2O5. The minimum atomic E-state index is -1.13. The fourth-order valence-electron chi connectivity index (χ4n) is 1.99. The highest BCUT2D eigenvalue weighted by molar-refractivity contribution is 6.31. The number of hydrogen-bond donors (Lipinski definition) is 2. The van der Waals surface area contributed by atoms with Crippen molar-refractivity contribution in [3.63, 3.8) is 0 Å². The molecule has 2 N–H and O–H groups in total. The summed E-state index contributed by atoms with van der Waals surface area (Å²) in [5, 5.41) is 12.2. The van der Waals surface area contributed by atoms with E-state index >= 15 is 0 Å². The molecule has 0 saturated heterocycles. The highest BCUT2D eigenvalue weighted by atomic mass is 35.5. The molecule has 0 aliphatic carbocycles. The number of ether oxygens (including phenoxy) is 1. The van der Waals surface area contributed by atoms with E-state index in [0.717, 1.165) is 4.90 Å². The Bertz CT molecular complexity index is 620. The lowest BCUT2D eigenvalue weighted by Gasteiger charge is -2.26. The molecule has 7 nitrogen and oxygen atoms in total. The van der Waals surface area contributed by atoms with Crippen molar-refractivity contribution in [3.05, 3.63) is 28.8 Å². The zero-order valence-electron chi connectivity index (χ0n) is 13.8. The largest absolute Gasteiger partial charge is 0.483 e. The lowest BCUT2D eigenvalue weighted by atomic mass is 10.2. The number of carboxylic acid groups (broad SMARTS) is 1. The molecule has 0 heterocycles. The van der Waals surface area contributed by atoms with Gasteiger partial charge in [-0.05, 0) is 26.0 Å². The summed E-state index contributed by atoms with van der Waals surface area (Å²) >= 11 is 5.99. The van der Waals surface area contributed by atoms with E-state index in [4.69, 9.17) is 21.4 Å². The van der Waals surface area contributed by atoms with E-state index in [1.165, 1.54) is 13.8 Å². The standard InChI is InChI=1S/C16H21ClN2O5/c1-10-13(17)5-4-6-14(10)24-9-15(21)19(11(2)16(22)23)8-7-18-12(3)20/h4-6,11H,7-9H2,1-3H3,(H,18,20)(H,22,23). The molecule has 1 rings (SSSR count). The van der Waals surface area contributed by atoms with Gasteiger partial charge in [0.15, 0.2) is 6.61 Å². The maximum atomic E-state index is 12.3. The van der Waals surface area contributed by atoms with Gasteiger partial charge < -0.3 is 20.1 Å². The predicted octanol–water partition coefficient (Wildman–Crippen LogP) is 1.47. The Morgan fingerprint density at radius 1 is 1.38 bits per heavy atom. The molecule has 0 aliphatic heterocycles. The van der Waals surface area contributed by atoms with Crippen LogP contribution in [0.3, 0.4) is 0 Å². The third-order valence-electron chi connectivity index (χ3n) is 3.44. The summed E-state index contributed by atoms with van der Waals surface area (Å²) in [4.78, 5) is 35.6. The fourth-order valence-corrected chi connectivity index (χ4v) is 2.15. The van der Waals surface area contributed by atoms with E-state index in [-0.39, 0.29) is 25.6 Å². The number of aliphatic carboxylic acids is 1. The monoisotopic (exact) mass is 356 g/mol. The fraction of sp³-hybridized carbons (Fsp3) is 0.438. The summed E-state index contributed by atoms with van der Waals surface area (Å²) in [6.45, 7) is 4.42. The smallest absolute Gasteiger partial charge is 0.326 e. The van der Waals surface area contributed by atoms with E-state index in [2.05, 4.69) is 5.32 Å². The maximum Gasteiger partial charge on any atom is 0.326 e. The number of nitrogens with zero attached hydrogens (tertiary/aromatic N) is 1. The van der Waals surface area contributed by atoms with Crippen molar-refractivity contribution in [2.45, 2.75) is 26.8 Å². The normalized spacial score (nSPS) is 11.5. The molecule has 0 radical (unpaired) electrons. The molecule has 0 saturated carbocycles. The van der Waals surface area contributed by atoms with Crippen LogP contribution in [-0.4, -0.2) is 53.5 Å². The van der Waals surface area contributed by atoms with E-state index < -0.39 is 17.9 Å². The molecule has 1 unspecified atom stereocenters. The number of carboxylic acids is 1. The SMILES string of the molecule is CC(=O)NCCN(C(=O)COc1cccc(Cl)c1C)C(C)C(=O)O. The molecule has 1 aromatic carbocycles. The van der Waals surface area contributed by atoms with Crippen LogP contribution in [0.2, 0.25) is 5.02 Å². The molecule has 0 bridgehead atoms. The number of rotatable bonds is 8. The first-order valence-electron chi connectivity index (χ1n) is 7.38. The highest BCUT2D eigenvalue weighted by Crippen LogP contribution is 2.25. The Hall–Kier alpha value is -2.28. The predicted molar refractivity (Wildman–Crippen MR) is 89.2 cm³/mol. The third kappa shape index (κ3) is 5.73. The van der Waals surface area contributed by atoms with Crippen LogP contribution in [-0.2, 0) is 14.4 Å². The van der Waals surface area contributed by atoms with Crippen LogP contribution in [0.5, 0.6) is 5.75 Å². The van der Waals surface area contributed by atoms with Gasteiger partial charge in [-0.1, -0.05) is 17.7 Å². The number of halogens is 1. The number of carbonyl (C=O) groups is 3. The van der Waals surface area contributed by atoms with Gasteiger partial charge in [-0.15, -0.1) is 0 Å². The van der Waals surface area contributed by atoms with Crippen molar-refractivity contribution in [1.29, 1.82) is 0 Å². The second-order valence-corrected chi connectivity index (χ2v) is 5.64. The van der Waals surface area contributed by atoms with Crippen LogP contribution in [0.15, 0.2) is 18.2 Å². The Morgan fingerprint density at radius 2 is 2.04 bits per heavy atom. The number of hydrogen-bond acceptors (Lipinski definition) is 4.